The van der Waals surface area contributed by atoms with Gasteiger partial charge in [-0.1, -0.05) is 0 Å². The number of methoxy groups -OCH3 is 1. The van der Waals surface area contributed by atoms with E-state index in [0.717, 1.165) is 17.1 Å². The maximum Gasteiger partial charge on any atom is 0.246 e. The van der Waals surface area contributed by atoms with Gasteiger partial charge in [0.05, 0.1) is 18.5 Å². The first-order chi connectivity index (χ1) is 15.3. The molecule has 0 saturated carbocycles. The van der Waals surface area contributed by atoms with Crippen molar-refractivity contribution in [2.75, 3.05) is 43.5 Å². The number of nitrogens with zero attached hydrogens (tertiary/aromatic N) is 5. The molecule has 170 valence electrons. The van der Waals surface area contributed by atoms with Crippen molar-refractivity contribution in [1.82, 2.24) is 24.5 Å². The van der Waals surface area contributed by atoms with E-state index in [0.29, 0.717) is 49.3 Å². The van der Waals surface area contributed by atoms with Gasteiger partial charge in [-0.3, -0.25) is 5.10 Å². The molecule has 1 aliphatic heterocycles. The second-order valence-electron chi connectivity index (χ2n) is 7.70. The first kappa shape index (κ1) is 22.0. The Hall–Kier alpha value is -3.18. The monoisotopic (exact) mass is 457 g/mol. The van der Waals surface area contributed by atoms with E-state index in [1.54, 1.807) is 21.0 Å². The lowest BCUT2D eigenvalue weighted by atomic mass is 10.3. The highest BCUT2D eigenvalue weighted by Crippen LogP contribution is 2.25. The number of benzene rings is 1. The van der Waals surface area contributed by atoms with Crippen molar-refractivity contribution < 1.29 is 13.2 Å². The van der Waals surface area contributed by atoms with Gasteiger partial charge in [-0.25, -0.2) is 13.4 Å². The molecule has 1 fully saturated rings. The van der Waals surface area contributed by atoms with Gasteiger partial charge in [0.25, 0.3) is 0 Å². The molecule has 10 nitrogen and oxygen atoms in total. The Morgan fingerprint density at radius 3 is 2.31 bits per heavy atom. The van der Waals surface area contributed by atoms with E-state index < -0.39 is 10.0 Å². The van der Waals surface area contributed by atoms with E-state index in [1.165, 1.54) is 4.31 Å². The van der Waals surface area contributed by atoms with Gasteiger partial charge in [0.1, 0.15) is 16.5 Å². The number of hydrogen-bond donors (Lipinski definition) is 2. The molecule has 1 aliphatic rings. The molecule has 11 heteroatoms. The number of hydrogen-bond acceptors (Lipinski definition) is 8. The zero-order chi connectivity index (χ0) is 22.9. The molecule has 0 amide bonds. The third-order valence-electron chi connectivity index (χ3n) is 5.38. The number of rotatable bonds is 6. The maximum atomic E-state index is 13.1. The summed E-state index contributed by atoms with van der Waals surface area (Å²) in [5.74, 6) is 2.04. The molecule has 2 aromatic heterocycles. The van der Waals surface area contributed by atoms with E-state index in [1.807, 2.05) is 42.2 Å². The largest absolute Gasteiger partial charge is 0.497 e. The lowest BCUT2D eigenvalue weighted by molar-refractivity contribution is 0.382. The number of nitrogens with one attached hydrogen (secondary N) is 2. The Kier molecular flexibility index (Phi) is 6.02. The highest BCUT2D eigenvalue weighted by molar-refractivity contribution is 7.89. The average Bonchev–Trinajstić information content (AvgIpc) is 3.12. The molecule has 0 radical (unpaired) electrons. The zero-order valence-electron chi connectivity index (χ0n) is 18.6. The van der Waals surface area contributed by atoms with Gasteiger partial charge in [0, 0.05) is 43.6 Å². The predicted molar refractivity (Wildman–Crippen MR) is 122 cm³/mol. The van der Waals surface area contributed by atoms with E-state index in [2.05, 4.69) is 25.5 Å². The molecular weight excluding hydrogens is 430 g/mol. The van der Waals surface area contributed by atoms with Gasteiger partial charge in [-0.2, -0.15) is 14.4 Å². The fourth-order valence-corrected chi connectivity index (χ4v) is 5.51. The fraction of sp³-hybridized carbons (Fsp3) is 0.381. The minimum Gasteiger partial charge on any atom is -0.497 e. The second-order valence-corrected chi connectivity index (χ2v) is 9.58. The van der Waals surface area contributed by atoms with E-state index >= 15 is 0 Å². The molecule has 32 heavy (non-hydrogen) atoms. The van der Waals surface area contributed by atoms with Crippen LogP contribution in [0.1, 0.15) is 17.1 Å². The Morgan fingerprint density at radius 1 is 1.03 bits per heavy atom. The van der Waals surface area contributed by atoms with E-state index in [-0.39, 0.29) is 4.90 Å². The highest BCUT2D eigenvalue weighted by atomic mass is 32.2. The predicted octanol–water partition coefficient (Wildman–Crippen LogP) is 2.39. The summed E-state index contributed by atoms with van der Waals surface area (Å²) in [6.07, 6.45) is 0. The lowest BCUT2D eigenvalue weighted by Gasteiger charge is -2.34. The number of piperazine rings is 1. The number of sulfonamides is 1. The number of H-pyrrole nitrogens is 1. The molecule has 2 N–H and O–H groups in total. The molecule has 0 bridgehead atoms. The van der Waals surface area contributed by atoms with Crippen molar-refractivity contribution in [3.05, 3.63) is 47.4 Å². The summed E-state index contributed by atoms with van der Waals surface area (Å²) in [5.41, 5.74) is 2.75. The van der Waals surface area contributed by atoms with Gasteiger partial charge in [-0.05, 0) is 45.0 Å². The van der Waals surface area contributed by atoms with E-state index in [4.69, 9.17) is 4.74 Å². The van der Waals surface area contributed by atoms with Crippen molar-refractivity contribution in [1.29, 1.82) is 0 Å². The maximum absolute atomic E-state index is 13.1. The van der Waals surface area contributed by atoms with Crippen molar-refractivity contribution >= 4 is 27.5 Å². The van der Waals surface area contributed by atoms with Crippen molar-refractivity contribution in [3.8, 4) is 5.75 Å². The van der Waals surface area contributed by atoms with Gasteiger partial charge in [-0.15, -0.1) is 0 Å². The van der Waals surface area contributed by atoms with Gasteiger partial charge in [0.2, 0.25) is 16.0 Å². The summed E-state index contributed by atoms with van der Waals surface area (Å²) in [6.45, 7) is 7.04. The number of anilines is 3. The minimum atomic E-state index is -3.60. The zero-order valence-corrected chi connectivity index (χ0v) is 19.4. The smallest absolute Gasteiger partial charge is 0.246 e. The van der Waals surface area contributed by atoms with Crippen LogP contribution in [-0.2, 0) is 10.0 Å². The summed E-state index contributed by atoms with van der Waals surface area (Å²) in [7, 11) is -1.97. The average molecular weight is 458 g/mol. The first-order valence-electron chi connectivity index (χ1n) is 10.3. The molecule has 1 aromatic carbocycles. The van der Waals surface area contributed by atoms with Gasteiger partial charge < -0.3 is 15.0 Å². The highest BCUT2D eigenvalue weighted by Gasteiger charge is 2.32. The van der Waals surface area contributed by atoms with Crippen LogP contribution in [-0.4, -0.2) is 66.2 Å². The Labute approximate surface area is 187 Å². The van der Waals surface area contributed by atoms with E-state index in [9.17, 15) is 8.42 Å². The number of aryl methyl sites for hydroxylation is 3. The van der Waals surface area contributed by atoms with Crippen LogP contribution in [0, 0.1) is 20.8 Å². The van der Waals surface area contributed by atoms with Crippen molar-refractivity contribution in [2.24, 2.45) is 0 Å². The minimum absolute atomic E-state index is 0.267. The molecule has 0 unspecified atom stereocenters. The normalized spacial score (nSPS) is 15.1. The van der Waals surface area contributed by atoms with Gasteiger partial charge >= 0.3 is 0 Å². The fourth-order valence-electron chi connectivity index (χ4n) is 3.76. The summed E-state index contributed by atoms with van der Waals surface area (Å²) in [4.78, 5) is 11.5. The van der Waals surface area contributed by atoms with Crippen LogP contribution in [0.3, 0.4) is 0 Å². The summed E-state index contributed by atoms with van der Waals surface area (Å²) in [6, 6.07) is 9.46. The molecular formula is C21H27N7O3S. The molecule has 4 rings (SSSR count). The SMILES string of the molecule is COc1ccc(Nc2cc(C)nc(N3CCN(S(=O)(=O)c4c(C)n[nH]c4C)CC3)n2)cc1. The molecule has 0 atom stereocenters. The van der Waals surface area contributed by atoms with Crippen molar-refractivity contribution in [2.45, 2.75) is 25.7 Å². The third kappa shape index (κ3) is 4.39. The Balaban J connectivity index is 1.47. The standard InChI is InChI=1S/C21H27N7O3S/c1-14-13-19(23-17-5-7-18(31-4)8-6-17)24-21(22-14)27-9-11-28(12-10-27)32(29,30)20-15(2)25-26-16(20)3/h5-8,13H,9-12H2,1-4H3,(H,25,26)(H,22,23,24). The van der Waals surface area contributed by atoms with Crippen LogP contribution >= 0.6 is 0 Å². The summed E-state index contributed by atoms with van der Waals surface area (Å²) in [5, 5.41) is 10.1. The van der Waals surface area contributed by atoms with Crippen LogP contribution in [0.25, 0.3) is 0 Å². The molecule has 3 aromatic rings. The van der Waals surface area contributed by atoms with Crippen LogP contribution < -0.4 is 15.0 Å². The van der Waals surface area contributed by atoms with Crippen LogP contribution in [0.4, 0.5) is 17.5 Å². The molecule has 0 spiro atoms. The molecule has 0 aliphatic carbocycles. The van der Waals surface area contributed by atoms with Crippen LogP contribution in [0.5, 0.6) is 5.75 Å². The van der Waals surface area contributed by atoms with Crippen LogP contribution in [0.15, 0.2) is 35.2 Å². The molecule has 3 heterocycles. The number of aromatic amines is 1. The van der Waals surface area contributed by atoms with Gasteiger partial charge in [0.15, 0.2) is 0 Å². The Morgan fingerprint density at radius 2 is 1.72 bits per heavy atom. The van der Waals surface area contributed by atoms with Crippen molar-refractivity contribution in [3.63, 3.8) is 0 Å². The number of aromatic nitrogens is 4. The second kappa shape index (κ2) is 8.75. The quantitative estimate of drug-likeness (QED) is 0.580. The van der Waals surface area contributed by atoms with Crippen LogP contribution in [0.2, 0.25) is 0 Å². The topological polar surface area (TPSA) is 116 Å². The summed E-state index contributed by atoms with van der Waals surface area (Å²) < 4.78 is 32.9. The third-order valence-corrected chi connectivity index (χ3v) is 7.55. The summed E-state index contributed by atoms with van der Waals surface area (Å²) >= 11 is 0. The Bertz CT molecular complexity index is 1180. The number of ether oxygens (including phenoxy) is 1. The lowest BCUT2D eigenvalue weighted by Crippen LogP contribution is -2.49. The molecule has 1 saturated heterocycles. The first-order valence-corrected chi connectivity index (χ1v) is 11.8.